The van der Waals surface area contributed by atoms with E-state index in [9.17, 15) is 4.79 Å². The zero-order chi connectivity index (χ0) is 17.2. The molecule has 3 aromatic rings. The Labute approximate surface area is 151 Å². The van der Waals surface area contributed by atoms with E-state index in [1.165, 1.54) is 0 Å². The predicted octanol–water partition coefficient (Wildman–Crippen LogP) is 4.87. The van der Waals surface area contributed by atoms with Crippen LogP contribution in [0.25, 0.3) is 0 Å². The number of hydrogen-bond acceptors (Lipinski definition) is 2. The van der Waals surface area contributed by atoms with E-state index in [2.05, 4.69) is 5.32 Å². The third-order valence-corrected chi connectivity index (χ3v) is 4.40. The van der Waals surface area contributed by atoms with Crippen LogP contribution in [0, 0.1) is 0 Å². The van der Waals surface area contributed by atoms with Gasteiger partial charge in [0.05, 0.1) is 11.4 Å². The molecule has 0 aliphatic carbocycles. The normalized spacial score (nSPS) is 16.4. The van der Waals surface area contributed by atoms with Gasteiger partial charge in [0, 0.05) is 16.1 Å². The number of carbonyl (C=O) groups excluding carboxylic acids is 1. The van der Waals surface area contributed by atoms with Crippen LogP contribution in [-0.4, -0.2) is 11.6 Å². The molecule has 3 aromatic carbocycles. The number of amides is 1. The minimum Gasteiger partial charge on any atom is -0.323 e. The lowest BCUT2D eigenvalue weighted by Crippen LogP contribution is -2.18. The zero-order valence-corrected chi connectivity index (χ0v) is 14.1. The van der Waals surface area contributed by atoms with E-state index in [0.717, 1.165) is 28.1 Å². The number of benzodiazepines with no additional fused rings is 1. The Morgan fingerprint density at radius 2 is 1.56 bits per heavy atom. The number of aliphatic imine (C=N–C) groups is 1. The van der Waals surface area contributed by atoms with Crippen molar-refractivity contribution >= 4 is 28.9 Å². The van der Waals surface area contributed by atoms with Crippen molar-refractivity contribution < 1.29 is 4.79 Å². The number of halogens is 1. The van der Waals surface area contributed by atoms with Gasteiger partial charge in [0.2, 0.25) is 0 Å². The molecule has 0 radical (unpaired) electrons. The van der Waals surface area contributed by atoms with Gasteiger partial charge in [0.15, 0.2) is 6.04 Å². The van der Waals surface area contributed by atoms with Gasteiger partial charge in [-0.1, -0.05) is 72.3 Å². The first-order valence-corrected chi connectivity index (χ1v) is 8.39. The van der Waals surface area contributed by atoms with Gasteiger partial charge in [-0.2, -0.15) is 0 Å². The van der Waals surface area contributed by atoms with E-state index in [0.29, 0.717) is 5.02 Å². The summed E-state index contributed by atoms with van der Waals surface area (Å²) < 4.78 is 0. The molecule has 4 heteroatoms. The van der Waals surface area contributed by atoms with Gasteiger partial charge < -0.3 is 5.32 Å². The summed E-state index contributed by atoms with van der Waals surface area (Å²) in [7, 11) is 0. The van der Waals surface area contributed by atoms with Crippen LogP contribution in [0.1, 0.15) is 22.7 Å². The van der Waals surface area contributed by atoms with Gasteiger partial charge in [0.25, 0.3) is 5.91 Å². The molecule has 0 saturated carbocycles. The lowest BCUT2D eigenvalue weighted by Gasteiger charge is -2.11. The van der Waals surface area contributed by atoms with Gasteiger partial charge in [-0.05, 0) is 23.8 Å². The van der Waals surface area contributed by atoms with E-state index in [-0.39, 0.29) is 5.91 Å². The molecule has 0 spiro atoms. The number of hydrogen-bond donors (Lipinski definition) is 1. The van der Waals surface area contributed by atoms with Crippen molar-refractivity contribution in [2.24, 2.45) is 4.99 Å². The SMILES string of the molecule is O=C1Nc2ccc(Cl)cc2C(c2ccccc2)=N[C@H]1c1ccccc1. The van der Waals surface area contributed by atoms with Crippen LogP contribution >= 0.6 is 11.6 Å². The molecular weight excluding hydrogens is 332 g/mol. The third kappa shape index (κ3) is 3.06. The maximum absolute atomic E-state index is 12.8. The number of fused-ring (bicyclic) bond motifs is 1. The summed E-state index contributed by atoms with van der Waals surface area (Å²) in [5.74, 6) is -0.152. The van der Waals surface area contributed by atoms with E-state index in [4.69, 9.17) is 16.6 Å². The first kappa shape index (κ1) is 15.6. The lowest BCUT2D eigenvalue weighted by atomic mass is 10.0. The first-order chi connectivity index (χ1) is 12.2. The molecule has 0 unspecified atom stereocenters. The van der Waals surface area contributed by atoms with Crippen molar-refractivity contribution in [2.75, 3.05) is 5.32 Å². The van der Waals surface area contributed by atoms with E-state index in [1.807, 2.05) is 72.8 Å². The second-order valence-corrected chi connectivity index (χ2v) is 6.27. The summed E-state index contributed by atoms with van der Waals surface area (Å²) in [5.41, 5.74) is 4.10. The summed E-state index contributed by atoms with van der Waals surface area (Å²) in [6.07, 6.45) is 0. The highest BCUT2D eigenvalue weighted by molar-refractivity contribution is 6.32. The highest BCUT2D eigenvalue weighted by Gasteiger charge is 2.27. The van der Waals surface area contributed by atoms with Crippen LogP contribution in [-0.2, 0) is 4.79 Å². The maximum atomic E-state index is 12.8. The van der Waals surface area contributed by atoms with E-state index >= 15 is 0 Å². The highest BCUT2D eigenvalue weighted by Crippen LogP contribution is 2.31. The Hall–Kier alpha value is -2.91. The molecule has 122 valence electrons. The standard InChI is InChI=1S/C21H15ClN2O/c22-16-11-12-18-17(13-16)19(14-7-3-1-4-8-14)24-20(21(25)23-18)15-9-5-2-6-10-15/h1-13,20H,(H,23,25)/t20-/m0/s1. The Balaban J connectivity index is 1.94. The minimum absolute atomic E-state index is 0.152. The van der Waals surface area contributed by atoms with Crippen molar-refractivity contribution in [3.05, 3.63) is 101 Å². The van der Waals surface area contributed by atoms with E-state index in [1.54, 1.807) is 6.07 Å². The monoisotopic (exact) mass is 346 g/mol. The summed E-state index contributed by atoms with van der Waals surface area (Å²) in [6, 6.07) is 24.3. The largest absolute Gasteiger partial charge is 0.323 e. The maximum Gasteiger partial charge on any atom is 0.253 e. The molecule has 0 bridgehead atoms. The van der Waals surface area contributed by atoms with E-state index < -0.39 is 6.04 Å². The van der Waals surface area contributed by atoms with Crippen molar-refractivity contribution in [3.8, 4) is 0 Å². The number of anilines is 1. The zero-order valence-electron chi connectivity index (χ0n) is 13.3. The topological polar surface area (TPSA) is 41.5 Å². The van der Waals surface area contributed by atoms with Crippen molar-refractivity contribution in [2.45, 2.75) is 6.04 Å². The molecule has 1 atom stereocenters. The fourth-order valence-electron chi connectivity index (χ4n) is 2.97. The Morgan fingerprint density at radius 3 is 2.28 bits per heavy atom. The average molecular weight is 347 g/mol. The first-order valence-electron chi connectivity index (χ1n) is 8.01. The number of carbonyl (C=O) groups is 1. The van der Waals surface area contributed by atoms with Crippen LogP contribution in [0.4, 0.5) is 5.69 Å². The molecule has 1 amide bonds. The molecule has 4 rings (SSSR count). The van der Waals surface area contributed by atoms with Gasteiger partial charge in [0.1, 0.15) is 0 Å². The predicted molar refractivity (Wildman–Crippen MR) is 101 cm³/mol. The lowest BCUT2D eigenvalue weighted by molar-refractivity contribution is -0.117. The van der Waals surface area contributed by atoms with Crippen LogP contribution in [0.2, 0.25) is 5.02 Å². The van der Waals surface area contributed by atoms with Crippen LogP contribution in [0.3, 0.4) is 0 Å². The number of nitrogens with one attached hydrogen (secondary N) is 1. The summed E-state index contributed by atoms with van der Waals surface area (Å²) in [5, 5.41) is 3.59. The van der Waals surface area contributed by atoms with Gasteiger partial charge >= 0.3 is 0 Å². The summed E-state index contributed by atoms with van der Waals surface area (Å²) in [6.45, 7) is 0. The molecule has 1 N–H and O–H groups in total. The molecule has 3 nitrogen and oxygen atoms in total. The highest BCUT2D eigenvalue weighted by atomic mass is 35.5. The smallest absolute Gasteiger partial charge is 0.253 e. The van der Waals surface area contributed by atoms with Crippen LogP contribution in [0.5, 0.6) is 0 Å². The van der Waals surface area contributed by atoms with Crippen LogP contribution in [0.15, 0.2) is 83.9 Å². The second-order valence-electron chi connectivity index (χ2n) is 5.84. The molecule has 25 heavy (non-hydrogen) atoms. The third-order valence-electron chi connectivity index (χ3n) is 4.16. The molecule has 1 heterocycles. The van der Waals surface area contributed by atoms with Crippen molar-refractivity contribution in [3.63, 3.8) is 0 Å². The molecule has 0 saturated heterocycles. The van der Waals surface area contributed by atoms with Gasteiger partial charge in [-0.25, -0.2) is 0 Å². The molecule has 0 fully saturated rings. The van der Waals surface area contributed by atoms with Crippen LogP contribution < -0.4 is 5.32 Å². The fraction of sp³-hybridized carbons (Fsp3) is 0.0476. The van der Waals surface area contributed by atoms with Gasteiger partial charge in [-0.15, -0.1) is 0 Å². The summed E-state index contributed by atoms with van der Waals surface area (Å²) >= 11 is 6.20. The number of rotatable bonds is 2. The second kappa shape index (κ2) is 6.54. The Morgan fingerprint density at radius 1 is 0.880 bits per heavy atom. The molecule has 1 aliphatic heterocycles. The number of benzene rings is 3. The Bertz CT molecular complexity index is 952. The minimum atomic E-state index is -0.609. The van der Waals surface area contributed by atoms with Gasteiger partial charge in [-0.3, -0.25) is 9.79 Å². The molecule has 1 aliphatic rings. The average Bonchev–Trinajstić information content (AvgIpc) is 2.79. The fourth-order valence-corrected chi connectivity index (χ4v) is 3.14. The summed E-state index contributed by atoms with van der Waals surface area (Å²) in [4.78, 5) is 17.6. The van der Waals surface area contributed by atoms with Crippen molar-refractivity contribution in [1.82, 2.24) is 0 Å². The molecule has 0 aromatic heterocycles. The quantitative estimate of drug-likeness (QED) is 0.706. The molecular formula is C21H15ClN2O. The van der Waals surface area contributed by atoms with Crippen molar-refractivity contribution in [1.29, 1.82) is 0 Å². The Kier molecular flexibility index (Phi) is 4.08. The number of nitrogens with zero attached hydrogens (tertiary/aromatic N) is 1.